The molecule has 0 bridgehead atoms. The minimum absolute atomic E-state index is 0.0548. The maximum atomic E-state index is 12.4. The van der Waals surface area contributed by atoms with Gasteiger partial charge >= 0.3 is 0 Å². The first kappa shape index (κ1) is 13.0. The molecule has 5 nitrogen and oxygen atoms in total. The summed E-state index contributed by atoms with van der Waals surface area (Å²) in [4.78, 5) is 24.7. The minimum Gasteiger partial charge on any atom is -0.480 e. The number of carbonyl (C=O) groups excluding carboxylic acids is 2. The lowest BCUT2D eigenvalue weighted by Gasteiger charge is -2.27. The normalized spacial score (nSPS) is 25.4. The van der Waals surface area contributed by atoms with Gasteiger partial charge in [-0.3, -0.25) is 9.59 Å². The van der Waals surface area contributed by atoms with Crippen molar-refractivity contribution in [3.63, 3.8) is 0 Å². The van der Waals surface area contributed by atoms with Gasteiger partial charge in [-0.1, -0.05) is 24.3 Å². The fourth-order valence-corrected chi connectivity index (χ4v) is 2.63. The summed E-state index contributed by atoms with van der Waals surface area (Å²) < 4.78 is 5.39. The number of ether oxygens (including phenoxy) is 1. The van der Waals surface area contributed by atoms with Crippen LogP contribution in [0.2, 0.25) is 0 Å². The average molecular weight is 274 g/mol. The van der Waals surface area contributed by atoms with Gasteiger partial charge < -0.3 is 14.9 Å². The number of hydrogen-bond donors (Lipinski definition) is 2. The Bertz CT molecular complexity index is 650. The van der Waals surface area contributed by atoms with Gasteiger partial charge in [0, 0.05) is 11.1 Å². The molecule has 2 aliphatic rings. The van der Waals surface area contributed by atoms with Crippen LogP contribution in [0, 0.1) is 0 Å². The molecule has 0 saturated carbocycles. The third kappa shape index (κ3) is 1.63. The van der Waals surface area contributed by atoms with E-state index in [1.54, 1.807) is 24.3 Å². The second-order valence-corrected chi connectivity index (χ2v) is 5.58. The second-order valence-electron chi connectivity index (χ2n) is 5.58. The number of benzene rings is 1. The smallest absolute Gasteiger partial charge is 0.228 e. The van der Waals surface area contributed by atoms with Gasteiger partial charge in [0.05, 0.1) is 11.2 Å². The molecule has 1 aromatic rings. The number of allylic oxidation sites excluding steroid dienone is 1. The topological polar surface area (TPSA) is 83.8 Å². The van der Waals surface area contributed by atoms with E-state index in [1.165, 1.54) is 13.8 Å². The van der Waals surface area contributed by atoms with Gasteiger partial charge in [-0.25, -0.2) is 0 Å². The van der Waals surface area contributed by atoms with Crippen LogP contribution in [-0.2, 0) is 4.74 Å². The molecule has 2 unspecified atom stereocenters. The van der Waals surface area contributed by atoms with Crippen LogP contribution in [0.5, 0.6) is 0 Å². The number of Topliss-reactive ketones (excluding diaryl/α,β-unsaturated/α-hetero) is 2. The first-order valence-electron chi connectivity index (χ1n) is 6.32. The summed E-state index contributed by atoms with van der Waals surface area (Å²) >= 11 is 0. The van der Waals surface area contributed by atoms with E-state index in [9.17, 15) is 19.8 Å². The molecule has 0 radical (unpaired) electrons. The molecule has 1 heterocycles. The Kier molecular flexibility index (Phi) is 2.61. The highest BCUT2D eigenvalue weighted by Gasteiger charge is 2.50. The van der Waals surface area contributed by atoms with Crippen LogP contribution >= 0.6 is 0 Å². The monoisotopic (exact) mass is 274 g/mol. The van der Waals surface area contributed by atoms with E-state index in [0.29, 0.717) is 0 Å². The number of rotatable bonds is 1. The Balaban J connectivity index is 2.11. The highest BCUT2D eigenvalue weighted by atomic mass is 16.5. The standard InChI is InChI=1S/C15H14O5/c1-15(2,19)14-12(18)9-10(16)7-5-3-4-6-8(7)11(17)13(9)20-14/h3-6,12,14,18-19H,1-2H3. The fourth-order valence-electron chi connectivity index (χ4n) is 2.63. The summed E-state index contributed by atoms with van der Waals surface area (Å²) in [6.45, 7) is 2.92. The zero-order valence-corrected chi connectivity index (χ0v) is 11.1. The van der Waals surface area contributed by atoms with Crippen LogP contribution in [-0.4, -0.2) is 39.6 Å². The van der Waals surface area contributed by atoms with Crippen molar-refractivity contribution in [1.29, 1.82) is 0 Å². The second kappa shape index (κ2) is 4.01. The number of ketones is 2. The highest BCUT2D eigenvalue weighted by molar-refractivity contribution is 6.27. The Morgan fingerprint density at radius 3 is 2.20 bits per heavy atom. The average Bonchev–Trinajstić information content (AvgIpc) is 2.74. The van der Waals surface area contributed by atoms with Crippen molar-refractivity contribution in [3.8, 4) is 0 Å². The molecule has 104 valence electrons. The van der Waals surface area contributed by atoms with Crippen LogP contribution < -0.4 is 0 Å². The Hall–Kier alpha value is -1.98. The third-order valence-electron chi connectivity index (χ3n) is 3.64. The molecule has 20 heavy (non-hydrogen) atoms. The quantitative estimate of drug-likeness (QED) is 0.793. The van der Waals surface area contributed by atoms with Crippen molar-refractivity contribution < 1.29 is 24.5 Å². The predicted molar refractivity (Wildman–Crippen MR) is 69.3 cm³/mol. The molecule has 1 aliphatic carbocycles. The summed E-state index contributed by atoms with van der Waals surface area (Å²) in [6, 6.07) is 6.41. The van der Waals surface area contributed by atoms with E-state index >= 15 is 0 Å². The molecule has 1 aliphatic heterocycles. The Morgan fingerprint density at radius 2 is 1.65 bits per heavy atom. The van der Waals surface area contributed by atoms with Gasteiger partial charge in [0.2, 0.25) is 5.78 Å². The van der Waals surface area contributed by atoms with Crippen LogP contribution in [0.3, 0.4) is 0 Å². The van der Waals surface area contributed by atoms with E-state index in [2.05, 4.69) is 0 Å². The van der Waals surface area contributed by atoms with Gasteiger partial charge in [0.15, 0.2) is 17.6 Å². The van der Waals surface area contributed by atoms with Gasteiger partial charge in [-0.05, 0) is 13.8 Å². The molecule has 1 aromatic carbocycles. The molecular formula is C15H14O5. The summed E-state index contributed by atoms with van der Waals surface area (Å²) in [7, 11) is 0. The van der Waals surface area contributed by atoms with Crippen LogP contribution in [0.4, 0.5) is 0 Å². The zero-order valence-electron chi connectivity index (χ0n) is 11.1. The number of fused-ring (bicyclic) bond motifs is 1. The number of aliphatic hydroxyl groups excluding tert-OH is 1. The molecule has 5 heteroatoms. The number of carbonyl (C=O) groups is 2. The van der Waals surface area contributed by atoms with Crippen LogP contribution in [0.15, 0.2) is 35.6 Å². The van der Waals surface area contributed by atoms with Gasteiger partial charge in [-0.2, -0.15) is 0 Å². The lowest BCUT2D eigenvalue weighted by Crippen LogP contribution is -2.44. The Morgan fingerprint density at radius 1 is 1.10 bits per heavy atom. The largest absolute Gasteiger partial charge is 0.480 e. The van der Waals surface area contributed by atoms with Crippen molar-refractivity contribution >= 4 is 11.6 Å². The highest BCUT2D eigenvalue weighted by Crippen LogP contribution is 2.38. The molecule has 0 saturated heterocycles. The summed E-state index contributed by atoms with van der Waals surface area (Å²) in [5.74, 6) is -0.997. The third-order valence-corrected chi connectivity index (χ3v) is 3.64. The molecule has 0 fully saturated rings. The first-order chi connectivity index (χ1) is 9.32. The molecular weight excluding hydrogens is 260 g/mol. The SMILES string of the molecule is CC(C)(O)C1OC2=C(C(=O)c3ccccc3C2=O)C1O. The van der Waals surface area contributed by atoms with Gasteiger partial charge in [0.1, 0.15) is 6.10 Å². The molecule has 0 aromatic heterocycles. The van der Waals surface area contributed by atoms with Crippen molar-refractivity contribution in [2.45, 2.75) is 31.7 Å². The van der Waals surface area contributed by atoms with Crippen molar-refractivity contribution in [3.05, 3.63) is 46.7 Å². The van der Waals surface area contributed by atoms with Crippen molar-refractivity contribution in [1.82, 2.24) is 0 Å². The first-order valence-corrected chi connectivity index (χ1v) is 6.32. The Labute approximate surface area is 115 Å². The summed E-state index contributed by atoms with van der Waals surface area (Å²) in [6.07, 6.45) is -2.34. The van der Waals surface area contributed by atoms with E-state index in [4.69, 9.17) is 4.74 Å². The van der Waals surface area contributed by atoms with Crippen LogP contribution in [0.1, 0.15) is 34.6 Å². The van der Waals surface area contributed by atoms with E-state index in [1.807, 2.05) is 0 Å². The lowest BCUT2D eigenvalue weighted by atomic mass is 9.84. The predicted octanol–water partition coefficient (Wildman–Crippen LogP) is 0.850. The molecule has 2 atom stereocenters. The number of aliphatic hydroxyl groups is 2. The van der Waals surface area contributed by atoms with Gasteiger partial charge in [0.25, 0.3) is 0 Å². The van der Waals surface area contributed by atoms with Gasteiger partial charge in [-0.15, -0.1) is 0 Å². The van der Waals surface area contributed by atoms with E-state index < -0.39 is 29.4 Å². The molecule has 3 rings (SSSR count). The van der Waals surface area contributed by atoms with Crippen molar-refractivity contribution in [2.24, 2.45) is 0 Å². The fraction of sp³-hybridized carbons (Fsp3) is 0.333. The molecule has 0 spiro atoms. The van der Waals surface area contributed by atoms with Crippen molar-refractivity contribution in [2.75, 3.05) is 0 Å². The van der Waals surface area contributed by atoms with E-state index in [-0.39, 0.29) is 22.5 Å². The summed E-state index contributed by atoms with van der Waals surface area (Å²) in [5.41, 5.74) is -0.903. The molecule has 0 amide bonds. The molecule has 2 N–H and O–H groups in total. The lowest BCUT2D eigenvalue weighted by molar-refractivity contribution is -0.0882. The van der Waals surface area contributed by atoms with Crippen LogP contribution in [0.25, 0.3) is 0 Å². The maximum absolute atomic E-state index is 12.4. The zero-order chi connectivity index (χ0) is 14.7. The van der Waals surface area contributed by atoms with E-state index in [0.717, 1.165) is 0 Å². The number of hydrogen-bond acceptors (Lipinski definition) is 5. The minimum atomic E-state index is -1.37. The summed E-state index contributed by atoms with van der Waals surface area (Å²) in [5, 5.41) is 20.2. The maximum Gasteiger partial charge on any atom is 0.228 e.